The third-order valence-corrected chi connectivity index (χ3v) is 6.86. The van der Waals surface area contributed by atoms with E-state index in [1.807, 2.05) is 10.3 Å². The van der Waals surface area contributed by atoms with Crippen molar-refractivity contribution in [3.8, 4) is 11.1 Å². The molecule has 0 saturated carbocycles. The molecule has 152 valence electrons. The first-order valence-corrected chi connectivity index (χ1v) is 11.4. The van der Waals surface area contributed by atoms with E-state index in [2.05, 4.69) is 23.8 Å². The number of benzene rings is 1. The number of rotatable bonds is 4. The summed E-state index contributed by atoms with van der Waals surface area (Å²) in [4.78, 5) is 35.1. The van der Waals surface area contributed by atoms with Crippen molar-refractivity contribution in [3.05, 3.63) is 45.8 Å². The number of hydrogen-bond acceptors (Lipinski definition) is 5. The van der Waals surface area contributed by atoms with Gasteiger partial charge < -0.3 is 9.88 Å². The highest BCUT2D eigenvalue weighted by molar-refractivity contribution is 7.99. The van der Waals surface area contributed by atoms with E-state index in [4.69, 9.17) is 0 Å². The summed E-state index contributed by atoms with van der Waals surface area (Å²) in [6.07, 6.45) is 1.15. The highest BCUT2D eigenvalue weighted by Crippen LogP contribution is 2.31. The number of carbonyl (C=O) groups excluding carboxylic acids is 1. The first-order chi connectivity index (χ1) is 13.9. The summed E-state index contributed by atoms with van der Waals surface area (Å²) >= 11 is 2.63. The number of fused-ring (bicyclic) bond motifs is 1. The number of amides is 1. The predicted octanol–water partition coefficient (Wildman–Crippen LogP) is 4.39. The normalized spacial score (nSPS) is 19.6. The number of likely N-dealkylation sites (tertiary alicyclic amines) is 1. The molecule has 8 heteroatoms. The van der Waals surface area contributed by atoms with Crippen LogP contribution in [0.15, 0.2) is 39.6 Å². The fourth-order valence-corrected chi connectivity index (χ4v) is 5.70. The van der Waals surface area contributed by atoms with E-state index in [0.717, 1.165) is 30.6 Å². The fraction of sp³-hybridized carbons (Fsp3) is 0.381. The monoisotopic (exact) mass is 431 g/mol. The van der Waals surface area contributed by atoms with Crippen molar-refractivity contribution >= 4 is 39.2 Å². The quantitative estimate of drug-likeness (QED) is 0.492. The molecule has 1 amide bonds. The molecule has 0 bridgehead atoms. The standard InChI is InChI=1S/C21H22FN3O2S2/c1-12-7-13(2)9-25(8-12)17(26)11-29-21-23-19(27)18-16(10-28-20(18)24-21)14-3-5-15(22)6-4-14/h3-6,10,12-13H,7-9,11H2,1-2H3,(H,23,24,27). The number of halogens is 1. The molecule has 5 nitrogen and oxygen atoms in total. The average molecular weight is 432 g/mol. The summed E-state index contributed by atoms with van der Waals surface area (Å²) in [5.41, 5.74) is 1.27. The van der Waals surface area contributed by atoms with Crippen LogP contribution in [0.1, 0.15) is 20.3 Å². The van der Waals surface area contributed by atoms with E-state index in [-0.39, 0.29) is 23.0 Å². The maximum Gasteiger partial charge on any atom is 0.260 e. The lowest BCUT2D eigenvalue weighted by Crippen LogP contribution is -2.43. The zero-order valence-electron chi connectivity index (χ0n) is 16.3. The van der Waals surface area contributed by atoms with Gasteiger partial charge in [-0.1, -0.05) is 37.7 Å². The van der Waals surface area contributed by atoms with E-state index in [0.29, 0.717) is 27.2 Å². The van der Waals surface area contributed by atoms with Crippen LogP contribution in [-0.4, -0.2) is 39.6 Å². The Kier molecular flexibility index (Phi) is 5.74. The van der Waals surface area contributed by atoms with Crippen molar-refractivity contribution in [2.75, 3.05) is 18.8 Å². The van der Waals surface area contributed by atoms with E-state index in [9.17, 15) is 14.0 Å². The number of aromatic nitrogens is 2. The molecule has 2 atom stereocenters. The summed E-state index contributed by atoms with van der Waals surface area (Å²) in [6.45, 7) is 5.93. The van der Waals surface area contributed by atoms with Crippen LogP contribution in [0.25, 0.3) is 21.3 Å². The van der Waals surface area contributed by atoms with E-state index in [1.54, 1.807) is 12.1 Å². The Hall–Kier alpha value is -2.19. The largest absolute Gasteiger partial charge is 0.341 e. The van der Waals surface area contributed by atoms with Crippen molar-refractivity contribution in [1.29, 1.82) is 0 Å². The van der Waals surface area contributed by atoms with Gasteiger partial charge in [-0.15, -0.1) is 11.3 Å². The van der Waals surface area contributed by atoms with Crippen molar-refractivity contribution in [2.45, 2.75) is 25.4 Å². The van der Waals surface area contributed by atoms with E-state index >= 15 is 0 Å². The van der Waals surface area contributed by atoms with Gasteiger partial charge in [0.1, 0.15) is 10.6 Å². The predicted molar refractivity (Wildman–Crippen MR) is 116 cm³/mol. The minimum absolute atomic E-state index is 0.0781. The van der Waals surface area contributed by atoms with E-state index in [1.165, 1.54) is 35.2 Å². The van der Waals surface area contributed by atoms with Gasteiger partial charge in [-0.2, -0.15) is 0 Å². The Morgan fingerprint density at radius 2 is 1.97 bits per heavy atom. The molecule has 29 heavy (non-hydrogen) atoms. The summed E-state index contributed by atoms with van der Waals surface area (Å²) in [7, 11) is 0. The molecule has 1 N–H and O–H groups in total. The van der Waals surface area contributed by atoms with Crippen LogP contribution in [0.4, 0.5) is 4.39 Å². The summed E-state index contributed by atoms with van der Waals surface area (Å²) in [6, 6.07) is 6.05. The molecule has 0 radical (unpaired) electrons. The van der Waals surface area contributed by atoms with Gasteiger partial charge in [0.25, 0.3) is 5.56 Å². The first-order valence-electron chi connectivity index (χ1n) is 9.58. The number of thiophene rings is 1. The highest BCUT2D eigenvalue weighted by Gasteiger charge is 2.25. The van der Waals surface area contributed by atoms with Gasteiger partial charge in [-0.3, -0.25) is 9.59 Å². The van der Waals surface area contributed by atoms with Crippen LogP contribution < -0.4 is 5.56 Å². The van der Waals surface area contributed by atoms with Gasteiger partial charge >= 0.3 is 0 Å². The Balaban J connectivity index is 1.52. The molecule has 4 rings (SSSR count). The van der Waals surface area contributed by atoms with Crippen molar-refractivity contribution in [3.63, 3.8) is 0 Å². The van der Waals surface area contributed by atoms with Crippen molar-refractivity contribution in [1.82, 2.24) is 14.9 Å². The minimum Gasteiger partial charge on any atom is -0.341 e. The molecule has 2 aromatic heterocycles. The van der Waals surface area contributed by atoms with Crippen LogP contribution in [0.5, 0.6) is 0 Å². The number of H-pyrrole nitrogens is 1. The molecule has 1 aromatic carbocycles. The molecule has 3 heterocycles. The Morgan fingerprint density at radius 1 is 1.28 bits per heavy atom. The van der Waals surface area contributed by atoms with Gasteiger partial charge in [0.2, 0.25) is 5.91 Å². The highest BCUT2D eigenvalue weighted by atomic mass is 32.2. The molecule has 1 aliphatic rings. The number of aromatic amines is 1. The van der Waals surface area contributed by atoms with Gasteiger partial charge in [0.15, 0.2) is 5.16 Å². The smallest absolute Gasteiger partial charge is 0.260 e. The average Bonchev–Trinajstić information content (AvgIpc) is 3.10. The van der Waals surface area contributed by atoms with E-state index < -0.39 is 0 Å². The number of carbonyl (C=O) groups is 1. The third-order valence-electron chi connectivity index (χ3n) is 5.13. The molecular weight excluding hydrogens is 409 g/mol. The SMILES string of the molecule is CC1CC(C)CN(C(=O)CSc2nc3scc(-c4ccc(F)cc4)c3c(=O)[nH]2)C1. The van der Waals surface area contributed by atoms with Gasteiger partial charge in [0.05, 0.1) is 11.1 Å². The molecule has 1 saturated heterocycles. The maximum absolute atomic E-state index is 13.2. The van der Waals surface area contributed by atoms with Crippen molar-refractivity contribution < 1.29 is 9.18 Å². The minimum atomic E-state index is -0.318. The number of hydrogen-bond donors (Lipinski definition) is 1. The molecule has 1 aliphatic heterocycles. The molecule has 3 aromatic rings. The molecular formula is C21H22FN3O2S2. The lowest BCUT2D eigenvalue weighted by molar-refractivity contribution is -0.130. The molecule has 0 spiro atoms. The number of thioether (sulfide) groups is 1. The van der Waals surface area contributed by atoms with Crippen LogP contribution >= 0.6 is 23.1 Å². The van der Waals surface area contributed by atoms with Crippen LogP contribution in [0, 0.1) is 17.7 Å². The Bertz CT molecular complexity index is 1080. The van der Waals surface area contributed by atoms with Gasteiger partial charge in [0, 0.05) is 24.0 Å². The second-order valence-electron chi connectivity index (χ2n) is 7.74. The fourth-order valence-electron chi connectivity index (χ4n) is 3.93. The summed E-state index contributed by atoms with van der Waals surface area (Å²) in [5.74, 6) is 1.04. The second kappa shape index (κ2) is 8.28. The lowest BCUT2D eigenvalue weighted by Gasteiger charge is -2.34. The number of nitrogens with one attached hydrogen (secondary N) is 1. The lowest BCUT2D eigenvalue weighted by atomic mass is 9.92. The Morgan fingerprint density at radius 3 is 2.66 bits per heavy atom. The van der Waals surface area contributed by atoms with Crippen LogP contribution in [0.3, 0.4) is 0 Å². The van der Waals surface area contributed by atoms with Gasteiger partial charge in [-0.05, 0) is 36.0 Å². The number of nitrogens with zero attached hydrogens (tertiary/aromatic N) is 2. The van der Waals surface area contributed by atoms with Crippen molar-refractivity contribution in [2.24, 2.45) is 11.8 Å². The molecule has 0 aliphatic carbocycles. The summed E-state index contributed by atoms with van der Waals surface area (Å²) < 4.78 is 13.2. The number of piperidine rings is 1. The zero-order valence-corrected chi connectivity index (χ0v) is 17.9. The first kappa shape index (κ1) is 20.1. The topological polar surface area (TPSA) is 66.1 Å². The Labute approximate surface area is 176 Å². The molecule has 2 unspecified atom stereocenters. The maximum atomic E-state index is 13.2. The third kappa shape index (κ3) is 4.38. The second-order valence-corrected chi connectivity index (χ2v) is 9.56. The zero-order chi connectivity index (χ0) is 20.5. The van der Waals surface area contributed by atoms with Crippen LogP contribution in [0.2, 0.25) is 0 Å². The summed E-state index contributed by atoms with van der Waals surface area (Å²) in [5, 5.41) is 2.80. The molecule has 1 fully saturated rings. The van der Waals surface area contributed by atoms with Crippen LogP contribution in [-0.2, 0) is 4.79 Å². The van der Waals surface area contributed by atoms with Gasteiger partial charge in [-0.25, -0.2) is 9.37 Å².